The second-order valence-corrected chi connectivity index (χ2v) is 8.21. The average molecular weight is 408 g/mol. The molecule has 2 rings (SSSR count). The first-order valence-corrected chi connectivity index (χ1v) is 8.75. The van der Waals surface area contributed by atoms with Gasteiger partial charge in [-0.1, -0.05) is 6.92 Å². The van der Waals surface area contributed by atoms with E-state index in [0.29, 0.717) is 0 Å². The van der Waals surface area contributed by atoms with Gasteiger partial charge in [-0.3, -0.25) is 0 Å². The van der Waals surface area contributed by atoms with Gasteiger partial charge in [0, 0.05) is 0 Å². The standard InChI is InChI=1S/C17H23F7O3/c1-4-13(2,18)12(25)27-14(3)7-9-5-11(14)6-10(9)8-15(26,16(19,20)21)17(22,23)24/h9-11,26H,4-8H2,1-3H3. The first-order chi connectivity index (χ1) is 12.0. The molecule has 27 heavy (non-hydrogen) atoms. The Bertz CT molecular complexity index is 570. The minimum Gasteiger partial charge on any atom is -0.457 e. The molecule has 0 saturated heterocycles. The van der Waals surface area contributed by atoms with Crippen molar-refractivity contribution in [2.45, 2.75) is 82.1 Å². The van der Waals surface area contributed by atoms with Crippen molar-refractivity contribution >= 4 is 5.97 Å². The van der Waals surface area contributed by atoms with Gasteiger partial charge in [-0.15, -0.1) is 0 Å². The molecular weight excluding hydrogens is 385 g/mol. The van der Waals surface area contributed by atoms with Crippen LogP contribution in [0.5, 0.6) is 0 Å². The molecular formula is C17H23F7O3. The van der Waals surface area contributed by atoms with Gasteiger partial charge in [0.05, 0.1) is 0 Å². The van der Waals surface area contributed by atoms with Crippen LogP contribution in [0.4, 0.5) is 30.7 Å². The normalized spacial score (nSPS) is 33.8. The monoisotopic (exact) mass is 408 g/mol. The van der Waals surface area contributed by atoms with Gasteiger partial charge in [-0.25, -0.2) is 9.18 Å². The highest BCUT2D eigenvalue weighted by Crippen LogP contribution is 2.59. The van der Waals surface area contributed by atoms with Crippen molar-refractivity contribution in [1.82, 2.24) is 0 Å². The summed E-state index contributed by atoms with van der Waals surface area (Å²) in [4.78, 5) is 12.0. The predicted molar refractivity (Wildman–Crippen MR) is 80.3 cm³/mol. The SMILES string of the molecule is CCC(C)(F)C(=O)OC1(C)CC2CC1CC2CC(O)(C(F)(F)F)C(F)(F)F. The van der Waals surface area contributed by atoms with Gasteiger partial charge in [0.2, 0.25) is 5.67 Å². The average Bonchev–Trinajstić information content (AvgIpc) is 3.01. The fourth-order valence-electron chi connectivity index (χ4n) is 4.26. The molecule has 2 bridgehead atoms. The van der Waals surface area contributed by atoms with Crippen molar-refractivity contribution < 1.29 is 45.4 Å². The van der Waals surface area contributed by atoms with Crippen LogP contribution in [0.3, 0.4) is 0 Å². The lowest BCUT2D eigenvalue weighted by Crippen LogP contribution is -2.58. The van der Waals surface area contributed by atoms with Crippen molar-refractivity contribution in [3.63, 3.8) is 0 Å². The lowest BCUT2D eigenvalue weighted by molar-refractivity contribution is -0.373. The molecule has 0 aliphatic heterocycles. The van der Waals surface area contributed by atoms with Crippen molar-refractivity contribution in [3.05, 3.63) is 0 Å². The van der Waals surface area contributed by atoms with Crippen molar-refractivity contribution in [3.8, 4) is 0 Å². The molecule has 0 aromatic rings. The van der Waals surface area contributed by atoms with E-state index in [9.17, 15) is 40.6 Å². The molecule has 0 amide bonds. The van der Waals surface area contributed by atoms with E-state index in [4.69, 9.17) is 4.74 Å². The van der Waals surface area contributed by atoms with E-state index in [1.807, 2.05) is 0 Å². The highest BCUT2D eigenvalue weighted by atomic mass is 19.4. The minimum absolute atomic E-state index is 0.0413. The van der Waals surface area contributed by atoms with Crippen LogP contribution in [0.25, 0.3) is 0 Å². The highest BCUT2D eigenvalue weighted by Gasteiger charge is 2.71. The smallest absolute Gasteiger partial charge is 0.426 e. The third-order valence-electron chi connectivity index (χ3n) is 6.28. The number of carbonyl (C=O) groups excluding carboxylic acids is 1. The number of esters is 1. The first-order valence-electron chi connectivity index (χ1n) is 8.75. The molecule has 2 aliphatic carbocycles. The molecule has 2 saturated carbocycles. The van der Waals surface area contributed by atoms with Gasteiger partial charge in [0.1, 0.15) is 5.60 Å². The van der Waals surface area contributed by atoms with Crippen LogP contribution < -0.4 is 0 Å². The van der Waals surface area contributed by atoms with Crippen LogP contribution in [-0.2, 0) is 9.53 Å². The largest absolute Gasteiger partial charge is 0.457 e. The van der Waals surface area contributed by atoms with Gasteiger partial charge in [-0.05, 0) is 63.7 Å². The third kappa shape index (κ3) is 3.78. The van der Waals surface area contributed by atoms with Gasteiger partial charge in [0.15, 0.2) is 0 Å². The maximum absolute atomic E-state index is 14.1. The lowest BCUT2D eigenvalue weighted by atomic mass is 9.74. The molecule has 2 aliphatic rings. The predicted octanol–water partition coefficient (Wildman–Crippen LogP) is 4.72. The number of hydrogen-bond acceptors (Lipinski definition) is 3. The van der Waals surface area contributed by atoms with Crippen LogP contribution in [0.1, 0.15) is 52.9 Å². The highest BCUT2D eigenvalue weighted by molar-refractivity contribution is 5.79. The fourth-order valence-corrected chi connectivity index (χ4v) is 4.26. The summed E-state index contributed by atoms with van der Waals surface area (Å²) in [5, 5.41) is 9.40. The zero-order valence-corrected chi connectivity index (χ0v) is 15.2. The summed E-state index contributed by atoms with van der Waals surface area (Å²) in [6.45, 7) is 4.04. The van der Waals surface area contributed by atoms with E-state index < -0.39 is 59.4 Å². The van der Waals surface area contributed by atoms with Crippen LogP contribution in [0.15, 0.2) is 0 Å². The molecule has 0 radical (unpaired) electrons. The first kappa shape index (κ1) is 22.2. The summed E-state index contributed by atoms with van der Waals surface area (Å²) in [5.74, 6) is -3.15. The Kier molecular flexibility index (Phi) is 5.34. The van der Waals surface area contributed by atoms with Crippen molar-refractivity contribution in [2.75, 3.05) is 0 Å². The second kappa shape index (κ2) is 6.49. The molecule has 5 atom stereocenters. The second-order valence-electron chi connectivity index (χ2n) is 8.21. The van der Waals surface area contributed by atoms with E-state index in [2.05, 4.69) is 0 Å². The maximum Gasteiger partial charge on any atom is 0.426 e. The molecule has 0 spiro atoms. The quantitative estimate of drug-likeness (QED) is 0.529. The van der Waals surface area contributed by atoms with Crippen LogP contribution >= 0.6 is 0 Å². The fraction of sp³-hybridized carbons (Fsp3) is 0.941. The number of carbonyl (C=O) groups is 1. The molecule has 158 valence electrons. The van der Waals surface area contributed by atoms with Crippen LogP contribution in [-0.4, -0.2) is 40.3 Å². The molecule has 0 heterocycles. The van der Waals surface area contributed by atoms with E-state index in [1.165, 1.54) is 13.8 Å². The van der Waals surface area contributed by atoms with E-state index in [-0.39, 0.29) is 25.7 Å². The zero-order valence-electron chi connectivity index (χ0n) is 15.2. The Morgan fingerprint density at radius 2 is 1.63 bits per heavy atom. The Labute approximate surface area is 152 Å². The molecule has 10 heteroatoms. The topological polar surface area (TPSA) is 46.5 Å². The summed E-state index contributed by atoms with van der Waals surface area (Å²) in [5.41, 5.74) is -8.12. The molecule has 0 aromatic heterocycles. The van der Waals surface area contributed by atoms with Gasteiger partial charge in [-0.2, -0.15) is 26.3 Å². The summed E-state index contributed by atoms with van der Waals surface area (Å²) in [6.07, 6.45) is -13.0. The lowest BCUT2D eigenvalue weighted by Gasteiger charge is -2.41. The number of halogens is 7. The summed E-state index contributed by atoms with van der Waals surface area (Å²) >= 11 is 0. The summed E-state index contributed by atoms with van der Waals surface area (Å²) in [7, 11) is 0. The minimum atomic E-state index is -5.85. The number of hydrogen-bond donors (Lipinski definition) is 1. The van der Waals surface area contributed by atoms with E-state index in [1.54, 1.807) is 0 Å². The Balaban J connectivity index is 2.11. The van der Waals surface area contributed by atoms with Crippen molar-refractivity contribution in [2.24, 2.45) is 17.8 Å². The number of rotatable bonds is 5. The van der Waals surface area contributed by atoms with Gasteiger partial charge >= 0.3 is 18.3 Å². The summed E-state index contributed by atoms with van der Waals surface area (Å²) in [6, 6.07) is 0. The molecule has 1 N–H and O–H groups in total. The Morgan fingerprint density at radius 3 is 2.00 bits per heavy atom. The van der Waals surface area contributed by atoms with E-state index in [0.717, 1.165) is 6.92 Å². The third-order valence-corrected chi connectivity index (χ3v) is 6.28. The summed E-state index contributed by atoms with van der Waals surface area (Å²) < 4.78 is 96.8. The Morgan fingerprint density at radius 1 is 1.11 bits per heavy atom. The van der Waals surface area contributed by atoms with Crippen LogP contribution in [0, 0.1) is 17.8 Å². The van der Waals surface area contributed by atoms with Gasteiger partial charge < -0.3 is 9.84 Å². The Hall–Kier alpha value is -1.06. The molecule has 3 nitrogen and oxygen atoms in total. The number of alkyl halides is 7. The van der Waals surface area contributed by atoms with Crippen molar-refractivity contribution in [1.29, 1.82) is 0 Å². The molecule has 2 fully saturated rings. The molecule has 0 aromatic carbocycles. The number of ether oxygens (including phenoxy) is 1. The molecule has 5 unspecified atom stereocenters. The number of aliphatic hydroxyl groups is 1. The van der Waals surface area contributed by atoms with Gasteiger partial charge in [0.25, 0.3) is 5.60 Å². The zero-order chi connectivity index (χ0) is 21.1. The van der Waals surface area contributed by atoms with E-state index >= 15 is 0 Å². The maximum atomic E-state index is 14.1. The van der Waals surface area contributed by atoms with Crippen LogP contribution in [0.2, 0.25) is 0 Å². The number of fused-ring (bicyclic) bond motifs is 2.